The number of rotatable bonds is 3. The molecule has 0 spiro atoms. The largest absolute Gasteiger partial charge is 0.456 e. The van der Waals surface area contributed by atoms with Gasteiger partial charge in [-0.1, -0.05) is 0 Å². The van der Waals surface area contributed by atoms with Crippen molar-refractivity contribution in [1.82, 2.24) is 10.3 Å². The van der Waals surface area contributed by atoms with Crippen molar-refractivity contribution in [2.75, 3.05) is 6.26 Å². The molecule has 0 aliphatic carbocycles. The van der Waals surface area contributed by atoms with Crippen molar-refractivity contribution in [2.24, 2.45) is 0 Å². The Morgan fingerprint density at radius 3 is 2.41 bits per heavy atom. The lowest BCUT2D eigenvalue weighted by Crippen LogP contribution is -2.17. The molecule has 1 N–H and O–H groups in total. The summed E-state index contributed by atoms with van der Waals surface area (Å²) in [6.07, 6.45) is 4.85. The van der Waals surface area contributed by atoms with E-state index < -0.39 is 37.5 Å². The number of fused-ring (bicyclic) bond motifs is 1. The summed E-state index contributed by atoms with van der Waals surface area (Å²) >= 11 is 0.717. The normalized spacial score (nSPS) is 16.0. The maximum absolute atomic E-state index is 14.3. The Morgan fingerprint density at radius 1 is 1.14 bits per heavy atom. The highest BCUT2D eigenvalue weighted by molar-refractivity contribution is 8.18. The average Bonchev–Trinajstić information content (AvgIpc) is 3.14. The van der Waals surface area contributed by atoms with Gasteiger partial charge in [-0.3, -0.25) is 19.9 Å². The van der Waals surface area contributed by atoms with Crippen LogP contribution in [-0.4, -0.2) is 30.8 Å². The number of carbonyl (C=O) groups excluding carboxylic acids is 2. The molecule has 0 unspecified atom stereocenters. The van der Waals surface area contributed by atoms with Crippen molar-refractivity contribution in [3.05, 3.63) is 52.9 Å². The third-order valence-corrected chi connectivity index (χ3v) is 5.98. The van der Waals surface area contributed by atoms with Crippen molar-refractivity contribution in [3.63, 3.8) is 0 Å². The highest BCUT2D eigenvalue weighted by Gasteiger charge is 2.26. The van der Waals surface area contributed by atoms with Gasteiger partial charge in [-0.25, -0.2) is 17.2 Å². The van der Waals surface area contributed by atoms with Crippen LogP contribution in [0.4, 0.5) is 13.6 Å². The molecule has 7 nitrogen and oxygen atoms in total. The summed E-state index contributed by atoms with van der Waals surface area (Å²) in [5, 5.41) is 2.10. The van der Waals surface area contributed by atoms with Crippen LogP contribution >= 0.6 is 11.8 Å². The second-order valence-electron chi connectivity index (χ2n) is 6.15. The molecule has 0 atom stereocenters. The van der Waals surface area contributed by atoms with Crippen LogP contribution in [0.2, 0.25) is 0 Å². The molecule has 1 fully saturated rings. The maximum atomic E-state index is 14.3. The Hall–Kier alpha value is -3.05. The van der Waals surface area contributed by atoms with E-state index in [-0.39, 0.29) is 27.4 Å². The Balaban J connectivity index is 1.84. The van der Waals surface area contributed by atoms with E-state index in [1.165, 1.54) is 18.5 Å². The Labute approximate surface area is 166 Å². The van der Waals surface area contributed by atoms with Crippen molar-refractivity contribution >= 4 is 49.8 Å². The molecular formula is C18H10F2N2O5S2. The zero-order valence-electron chi connectivity index (χ0n) is 14.5. The van der Waals surface area contributed by atoms with Crippen molar-refractivity contribution < 1.29 is 31.2 Å². The molecule has 1 aromatic carbocycles. The van der Waals surface area contributed by atoms with Gasteiger partial charge in [0.15, 0.2) is 9.84 Å². The van der Waals surface area contributed by atoms with Crippen molar-refractivity contribution in [3.8, 4) is 11.1 Å². The number of imide groups is 1. The number of sulfone groups is 1. The molecule has 0 bridgehead atoms. The number of amides is 2. The Bertz CT molecular complexity index is 1320. The van der Waals surface area contributed by atoms with Crippen LogP contribution in [0.5, 0.6) is 0 Å². The van der Waals surface area contributed by atoms with Crippen LogP contribution < -0.4 is 5.32 Å². The summed E-state index contributed by atoms with van der Waals surface area (Å²) in [6.45, 7) is 0. The van der Waals surface area contributed by atoms with E-state index in [0.717, 1.165) is 12.1 Å². The third kappa shape index (κ3) is 3.54. The summed E-state index contributed by atoms with van der Waals surface area (Å²) in [6, 6.07) is 3.32. The average molecular weight is 436 g/mol. The number of nitrogens with one attached hydrogen (secondary N) is 1. The minimum atomic E-state index is -4.09. The van der Waals surface area contributed by atoms with E-state index in [1.807, 2.05) is 0 Å². The quantitative estimate of drug-likeness (QED) is 0.626. The van der Waals surface area contributed by atoms with E-state index in [9.17, 15) is 26.8 Å². The summed E-state index contributed by atoms with van der Waals surface area (Å²) in [7, 11) is -4.09. The van der Waals surface area contributed by atoms with Crippen LogP contribution in [0.1, 0.15) is 5.76 Å². The summed E-state index contributed by atoms with van der Waals surface area (Å²) < 4.78 is 57.4. The van der Waals surface area contributed by atoms with Gasteiger partial charge >= 0.3 is 0 Å². The van der Waals surface area contributed by atoms with Gasteiger partial charge in [0, 0.05) is 35.7 Å². The molecule has 1 aliphatic rings. The first kappa shape index (κ1) is 19.3. The smallest absolute Gasteiger partial charge is 0.290 e. The highest BCUT2D eigenvalue weighted by atomic mass is 32.2. The summed E-state index contributed by atoms with van der Waals surface area (Å²) in [5.74, 6) is -2.79. The Kier molecular flexibility index (Phi) is 4.50. The van der Waals surface area contributed by atoms with Gasteiger partial charge in [-0.2, -0.15) is 0 Å². The predicted octanol–water partition coefficient (Wildman–Crippen LogP) is 3.50. The predicted molar refractivity (Wildman–Crippen MR) is 102 cm³/mol. The number of furan rings is 1. The number of aromatic nitrogens is 1. The van der Waals surface area contributed by atoms with Gasteiger partial charge in [0.1, 0.15) is 27.9 Å². The molecule has 4 rings (SSSR count). The highest BCUT2D eigenvalue weighted by Crippen LogP contribution is 2.34. The van der Waals surface area contributed by atoms with Gasteiger partial charge < -0.3 is 4.42 Å². The van der Waals surface area contributed by atoms with E-state index in [1.54, 1.807) is 6.07 Å². The molecule has 2 amide bonds. The maximum Gasteiger partial charge on any atom is 0.290 e. The molecule has 29 heavy (non-hydrogen) atoms. The SMILES string of the molecule is CS(=O)(=O)c1c(F)cc(-c2cncc3cc(/C=C4/SC(=O)NC4=O)oc23)cc1F. The fourth-order valence-electron chi connectivity index (χ4n) is 2.88. The molecular weight excluding hydrogens is 426 g/mol. The molecule has 1 aliphatic heterocycles. The van der Waals surface area contributed by atoms with E-state index in [2.05, 4.69) is 10.3 Å². The second-order valence-corrected chi connectivity index (χ2v) is 9.11. The molecule has 1 saturated heterocycles. The third-order valence-electron chi connectivity index (χ3n) is 4.04. The summed E-state index contributed by atoms with van der Waals surface area (Å²) in [5.41, 5.74) is 0.485. The van der Waals surface area contributed by atoms with E-state index in [0.29, 0.717) is 23.4 Å². The molecule has 3 aromatic rings. The van der Waals surface area contributed by atoms with Crippen molar-refractivity contribution in [2.45, 2.75) is 4.90 Å². The zero-order chi connectivity index (χ0) is 20.9. The van der Waals surface area contributed by atoms with Crippen LogP contribution in [0.3, 0.4) is 0 Å². The first-order chi connectivity index (χ1) is 13.6. The lowest BCUT2D eigenvalue weighted by atomic mass is 10.1. The van der Waals surface area contributed by atoms with Gasteiger partial charge in [-0.15, -0.1) is 0 Å². The molecule has 2 aromatic heterocycles. The van der Waals surface area contributed by atoms with E-state index in [4.69, 9.17) is 4.42 Å². The van der Waals surface area contributed by atoms with Crippen LogP contribution in [0.25, 0.3) is 28.2 Å². The standard InChI is InChI=1S/C18H10F2N2O5S2/c1-29(25,26)16-12(19)3-8(4-13(16)20)11-7-21-6-9-2-10(27-15(9)11)5-14-17(23)22-18(24)28-14/h2-7H,1H3,(H,22,23,24)/b14-5+. The molecule has 148 valence electrons. The molecule has 0 saturated carbocycles. The topological polar surface area (TPSA) is 106 Å². The number of nitrogens with zero attached hydrogens (tertiary/aromatic N) is 1. The monoisotopic (exact) mass is 436 g/mol. The molecule has 11 heteroatoms. The number of halogens is 2. The number of pyridine rings is 1. The van der Waals surface area contributed by atoms with E-state index >= 15 is 0 Å². The number of hydrogen-bond donors (Lipinski definition) is 1. The van der Waals surface area contributed by atoms with Crippen LogP contribution in [-0.2, 0) is 14.6 Å². The van der Waals surface area contributed by atoms with Crippen LogP contribution in [0.15, 0.2) is 44.8 Å². The number of carbonyl (C=O) groups is 2. The second kappa shape index (κ2) is 6.78. The number of benzene rings is 1. The van der Waals surface area contributed by atoms with Crippen LogP contribution in [0, 0.1) is 11.6 Å². The van der Waals surface area contributed by atoms with Gasteiger partial charge in [-0.05, 0) is 35.5 Å². The fraction of sp³-hybridized carbons (Fsp3) is 0.0556. The minimum absolute atomic E-state index is 0.0298. The van der Waals surface area contributed by atoms with Gasteiger partial charge in [0.05, 0.1) is 4.91 Å². The van der Waals surface area contributed by atoms with Gasteiger partial charge in [0.25, 0.3) is 11.1 Å². The number of thioether (sulfide) groups is 1. The fourth-order valence-corrected chi connectivity index (χ4v) is 4.37. The lowest BCUT2D eigenvalue weighted by molar-refractivity contribution is -0.115. The molecule has 3 heterocycles. The first-order valence-corrected chi connectivity index (χ1v) is 10.7. The Morgan fingerprint density at radius 2 is 1.83 bits per heavy atom. The number of hydrogen-bond acceptors (Lipinski definition) is 7. The summed E-state index contributed by atoms with van der Waals surface area (Å²) in [4.78, 5) is 26.1. The molecule has 0 radical (unpaired) electrons. The lowest BCUT2D eigenvalue weighted by Gasteiger charge is -2.07. The zero-order valence-corrected chi connectivity index (χ0v) is 16.2. The van der Waals surface area contributed by atoms with Gasteiger partial charge in [0.2, 0.25) is 0 Å². The van der Waals surface area contributed by atoms with Crippen molar-refractivity contribution in [1.29, 1.82) is 0 Å². The minimum Gasteiger partial charge on any atom is -0.456 e. The first-order valence-electron chi connectivity index (χ1n) is 7.95.